The highest BCUT2D eigenvalue weighted by Gasteiger charge is 2.37. The van der Waals surface area contributed by atoms with E-state index in [0.717, 1.165) is 17.7 Å². The van der Waals surface area contributed by atoms with Crippen molar-refractivity contribution < 1.29 is 18.0 Å². The van der Waals surface area contributed by atoms with E-state index >= 15 is 0 Å². The lowest BCUT2D eigenvalue weighted by Gasteiger charge is -2.31. The summed E-state index contributed by atoms with van der Waals surface area (Å²) < 4.78 is 25.4. The van der Waals surface area contributed by atoms with E-state index in [1.807, 2.05) is 24.3 Å². The molecule has 0 saturated carbocycles. The van der Waals surface area contributed by atoms with Crippen molar-refractivity contribution in [2.45, 2.75) is 45.6 Å². The minimum atomic E-state index is -3.17. The van der Waals surface area contributed by atoms with Gasteiger partial charge in [0, 0.05) is 37.8 Å². The van der Waals surface area contributed by atoms with E-state index in [-0.39, 0.29) is 35.9 Å². The quantitative estimate of drug-likeness (QED) is 0.775. The molecule has 2 saturated heterocycles. The van der Waals surface area contributed by atoms with Crippen molar-refractivity contribution in [3.05, 3.63) is 29.8 Å². The topological polar surface area (TPSA) is 86.8 Å². The number of sulfonamides is 1. The lowest BCUT2D eigenvalue weighted by atomic mass is 10.0. The third-order valence-corrected chi connectivity index (χ3v) is 7.60. The molecule has 2 heterocycles. The van der Waals surface area contributed by atoms with Gasteiger partial charge >= 0.3 is 0 Å². The average molecular weight is 408 g/mol. The molecule has 1 N–H and O–H groups in total. The van der Waals surface area contributed by atoms with Crippen LogP contribution >= 0.6 is 0 Å². The van der Waals surface area contributed by atoms with Gasteiger partial charge in [-0.2, -0.15) is 0 Å². The van der Waals surface area contributed by atoms with E-state index < -0.39 is 10.0 Å². The monoisotopic (exact) mass is 407 g/mol. The molecule has 0 aromatic heterocycles. The van der Waals surface area contributed by atoms with Gasteiger partial charge in [0.1, 0.15) is 0 Å². The number of nitrogens with zero attached hydrogens (tertiary/aromatic N) is 2. The number of hydrogen-bond acceptors (Lipinski definition) is 4. The van der Waals surface area contributed by atoms with Gasteiger partial charge in [0.25, 0.3) is 0 Å². The minimum absolute atomic E-state index is 0.0232. The number of benzene rings is 1. The summed E-state index contributed by atoms with van der Waals surface area (Å²) in [5.74, 6) is -0.398. The van der Waals surface area contributed by atoms with Crippen LogP contribution in [0.5, 0.6) is 0 Å². The van der Waals surface area contributed by atoms with Gasteiger partial charge in [-0.25, -0.2) is 12.7 Å². The van der Waals surface area contributed by atoms with Crippen molar-refractivity contribution in [3.8, 4) is 0 Å². The summed E-state index contributed by atoms with van der Waals surface area (Å²) >= 11 is 0. The zero-order valence-corrected chi connectivity index (χ0v) is 17.4. The number of aryl methyl sites for hydroxylation is 1. The Labute approximate surface area is 167 Å². The third kappa shape index (κ3) is 4.38. The Morgan fingerprint density at radius 2 is 1.86 bits per heavy atom. The Balaban J connectivity index is 1.57. The van der Waals surface area contributed by atoms with Crippen LogP contribution in [-0.4, -0.2) is 56.0 Å². The predicted molar refractivity (Wildman–Crippen MR) is 108 cm³/mol. The van der Waals surface area contributed by atoms with Gasteiger partial charge in [0.05, 0.1) is 11.7 Å². The van der Waals surface area contributed by atoms with Crippen molar-refractivity contribution in [2.24, 2.45) is 5.92 Å². The molecule has 2 aliphatic rings. The first kappa shape index (κ1) is 20.8. The molecule has 2 amide bonds. The number of hydrogen-bond donors (Lipinski definition) is 1. The number of carbonyl (C=O) groups is 2. The van der Waals surface area contributed by atoms with Gasteiger partial charge in [-0.15, -0.1) is 0 Å². The van der Waals surface area contributed by atoms with Crippen LogP contribution in [0.4, 0.5) is 5.69 Å². The van der Waals surface area contributed by atoms with E-state index in [0.29, 0.717) is 32.5 Å². The fourth-order valence-electron chi connectivity index (χ4n) is 3.97. The maximum atomic E-state index is 12.7. The van der Waals surface area contributed by atoms with Gasteiger partial charge in [-0.3, -0.25) is 9.59 Å². The smallest absolute Gasteiger partial charge is 0.227 e. The minimum Gasteiger partial charge on any atom is -0.353 e. The van der Waals surface area contributed by atoms with Crippen molar-refractivity contribution in [3.63, 3.8) is 0 Å². The summed E-state index contributed by atoms with van der Waals surface area (Å²) in [6.07, 6.45) is 2.25. The molecule has 154 valence electrons. The first-order valence-corrected chi connectivity index (χ1v) is 11.6. The lowest BCUT2D eigenvalue weighted by molar-refractivity contribution is -0.127. The maximum Gasteiger partial charge on any atom is 0.227 e. The predicted octanol–water partition coefficient (Wildman–Crippen LogP) is 1.53. The standard InChI is InChI=1S/C20H29N3O4S/c1-3-15-7-5-6-8-18(15)23-14-16(13-19(23)24)20(25)21-17-9-11-22(12-10-17)28(26,27)4-2/h5-8,16-17H,3-4,9-14H2,1-2H3,(H,21,25)/t16-/m1/s1. The molecular formula is C20H29N3O4S. The molecule has 28 heavy (non-hydrogen) atoms. The highest BCUT2D eigenvalue weighted by Crippen LogP contribution is 2.29. The molecule has 8 heteroatoms. The Hall–Kier alpha value is -1.93. The van der Waals surface area contributed by atoms with Gasteiger partial charge in [-0.05, 0) is 37.8 Å². The fraction of sp³-hybridized carbons (Fsp3) is 0.600. The number of anilines is 1. The molecule has 1 aromatic carbocycles. The summed E-state index contributed by atoms with van der Waals surface area (Å²) in [6.45, 7) is 4.95. The molecule has 7 nitrogen and oxygen atoms in total. The van der Waals surface area contributed by atoms with Crippen LogP contribution in [0, 0.1) is 5.92 Å². The van der Waals surface area contributed by atoms with Crippen molar-refractivity contribution in [1.29, 1.82) is 0 Å². The third-order valence-electron chi connectivity index (χ3n) is 5.72. The van der Waals surface area contributed by atoms with Crippen LogP contribution in [0.2, 0.25) is 0 Å². The second-order valence-electron chi connectivity index (χ2n) is 7.47. The number of piperidine rings is 1. The Bertz CT molecular complexity index is 832. The lowest BCUT2D eigenvalue weighted by Crippen LogP contribution is -2.48. The highest BCUT2D eigenvalue weighted by atomic mass is 32.2. The van der Waals surface area contributed by atoms with Crippen LogP contribution < -0.4 is 10.2 Å². The zero-order chi connectivity index (χ0) is 20.3. The average Bonchev–Trinajstić information content (AvgIpc) is 3.10. The van der Waals surface area contributed by atoms with Gasteiger partial charge < -0.3 is 10.2 Å². The fourth-order valence-corrected chi connectivity index (χ4v) is 5.10. The van der Waals surface area contributed by atoms with Crippen LogP contribution in [0.1, 0.15) is 38.7 Å². The number of amides is 2. The summed E-state index contributed by atoms with van der Waals surface area (Å²) in [5.41, 5.74) is 1.99. The van der Waals surface area contributed by atoms with Crippen molar-refractivity contribution in [2.75, 3.05) is 30.3 Å². The summed E-state index contributed by atoms with van der Waals surface area (Å²) in [5, 5.41) is 3.03. The molecular weight excluding hydrogens is 378 g/mol. The number of nitrogens with one attached hydrogen (secondary N) is 1. The van der Waals surface area contributed by atoms with Crippen LogP contribution in [0.15, 0.2) is 24.3 Å². The van der Waals surface area contributed by atoms with E-state index in [1.54, 1.807) is 11.8 Å². The second-order valence-corrected chi connectivity index (χ2v) is 9.73. The van der Waals surface area contributed by atoms with Crippen molar-refractivity contribution >= 4 is 27.5 Å². The Morgan fingerprint density at radius 1 is 1.18 bits per heavy atom. The van der Waals surface area contributed by atoms with Crippen LogP contribution in [0.25, 0.3) is 0 Å². The number of para-hydroxylation sites is 1. The first-order chi connectivity index (χ1) is 13.4. The molecule has 0 radical (unpaired) electrons. The summed E-state index contributed by atoms with van der Waals surface area (Å²) in [6, 6.07) is 7.77. The summed E-state index contributed by atoms with van der Waals surface area (Å²) in [7, 11) is -3.17. The van der Waals surface area contributed by atoms with E-state index in [2.05, 4.69) is 12.2 Å². The molecule has 3 rings (SSSR count). The largest absolute Gasteiger partial charge is 0.353 e. The molecule has 1 atom stereocenters. The molecule has 0 aliphatic carbocycles. The molecule has 1 aromatic rings. The van der Waals surface area contributed by atoms with Crippen LogP contribution in [0.3, 0.4) is 0 Å². The number of carbonyl (C=O) groups excluding carboxylic acids is 2. The van der Waals surface area contributed by atoms with Crippen molar-refractivity contribution in [1.82, 2.24) is 9.62 Å². The number of rotatable bonds is 6. The van der Waals surface area contributed by atoms with Crippen LogP contribution in [-0.2, 0) is 26.0 Å². The molecule has 0 spiro atoms. The van der Waals surface area contributed by atoms with Gasteiger partial charge in [-0.1, -0.05) is 25.1 Å². The van der Waals surface area contributed by atoms with E-state index in [4.69, 9.17) is 0 Å². The summed E-state index contributed by atoms with van der Waals surface area (Å²) in [4.78, 5) is 26.9. The first-order valence-electron chi connectivity index (χ1n) is 10.0. The normalized spacial score (nSPS) is 21.9. The Morgan fingerprint density at radius 3 is 2.50 bits per heavy atom. The maximum absolute atomic E-state index is 12.7. The Kier molecular flexibility index (Phi) is 6.40. The highest BCUT2D eigenvalue weighted by molar-refractivity contribution is 7.89. The molecule has 0 bridgehead atoms. The SMILES string of the molecule is CCc1ccccc1N1C[C@H](C(=O)NC2CCN(S(=O)(=O)CC)CC2)CC1=O. The molecule has 0 unspecified atom stereocenters. The van der Waals surface area contributed by atoms with E-state index in [1.165, 1.54) is 4.31 Å². The zero-order valence-electron chi connectivity index (χ0n) is 16.6. The molecule has 2 fully saturated rings. The van der Waals surface area contributed by atoms with E-state index in [9.17, 15) is 18.0 Å². The second kappa shape index (κ2) is 8.61. The molecule has 2 aliphatic heterocycles. The van der Waals surface area contributed by atoms with Gasteiger partial charge in [0.2, 0.25) is 21.8 Å². The van der Waals surface area contributed by atoms with Gasteiger partial charge in [0.15, 0.2) is 0 Å².